The van der Waals surface area contributed by atoms with Crippen LogP contribution in [0.15, 0.2) is 6.07 Å². The van der Waals surface area contributed by atoms with E-state index in [0.29, 0.717) is 48.5 Å². The maximum atomic E-state index is 11.3. The minimum atomic E-state index is -0.853. The Hall–Kier alpha value is -3.28. The molecule has 9 heteroatoms. The van der Waals surface area contributed by atoms with Crippen LogP contribution in [0.1, 0.15) is 25.3 Å². The number of nitrogen functional groups attached to an aromatic ring is 2. The number of rotatable bonds is 4. The van der Waals surface area contributed by atoms with Crippen molar-refractivity contribution in [1.29, 1.82) is 5.26 Å². The first-order chi connectivity index (χ1) is 12.5. The molecule has 5 N–H and O–H groups in total. The Morgan fingerprint density at radius 3 is 2.85 bits per heavy atom. The number of anilines is 3. The van der Waals surface area contributed by atoms with Crippen molar-refractivity contribution >= 4 is 34.2 Å². The molecule has 0 aliphatic carbocycles. The number of pyridine rings is 2. The highest BCUT2D eigenvalue weighted by molar-refractivity contribution is 6.04. The van der Waals surface area contributed by atoms with Gasteiger partial charge in [-0.05, 0) is 19.8 Å². The molecule has 1 atom stereocenters. The number of aromatic nitrogens is 2. The number of ether oxygens (including phenoxy) is 1. The number of piperidine rings is 1. The number of fused-ring (bicyclic) bond motifs is 1. The van der Waals surface area contributed by atoms with Gasteiger partial charge in [0.25, 0.3) is 0 Å². The molecule has 1 aliphatic rings. The Morgan fingerprint density at radius 1 is 1.46 bits per heavy atom. The lowest BCUT2D eigenvalue weighted by Gasteiger charge is -2.32. The van der Waals surface area contributed by atoms with E-state index in [4.69, 9.17) is 16.2 Å². The zero-order valence-electron chi connectivity index (χ0n) is 14.4. The molecule has 9 nitrogen and oxygen atoms in total. The third-order valence-corrected chi connectivity index (χ3v) is 4.47. The van der Waals surface area contributed by atoms with E-state index in [0.717, 1.165) is 0 Å². The van der Waals surface area contributed by atoms with Crippen LogP contribution in [0.3, 0.4) is 0 Å². The van der Waals surface area contributed by atoms with E-state index in [1.807, 2.05) is 6.92 Å². The molecule has 0 radical (unpaired) electrons. The number of nitrogens with zero attached hydrogens (tertiary/aromatic N) is 4. The van der Waals surface area contributed by atoms with Gasteiger partial charge < -0.3 is 26.2 Å². The van der Waals surface area contributed by atoms with E-state index in [2.05, 4.69) is 16.0 Å². The Morgan fingerprint density at radius 2 is 2.19 bits per heavy atom. The van der Waals surface area contributed by atoms with Gasteiger partial charge in [0.15, 0.2) is 0 Å². The van der Waals surface area contributed by atoms with Crippen molar-refractivity contribution in [3.63, 3.8) is 0 Å². The Bertz CT molecular complexity index is 908. The summed E-state index contributed by atoms with van der Waals surface area (Å²) in [5.74, 6) is -0.394. The summed E-state index contributed by atoms with van der Waals surface area (Å²) in [7, 11) is 0. The fourth-order valence-corrected chi connectivity index (χ4v) is 3.29. The highest BCUT2D eigenvalue weighted by atomic mass is 16.5. The minimum Gasteiger partial charge on any atom is -0.481 e. The number of hydrogen-bond donors (Lipinski definition) is 3. The summed E-state index contributed by atoms with van der Waals surface area (Å²) in [4.78, 5) is 21.6. The molecular formula is C17H20N6O3. The number of nitriles is 1. The molecule has 2 aromatic rings. The van der Waals surface area contributed by atoms with Gasteiger partial charge >= 0.3 is 5.97 Å². The molecule has 0 aromatic carbocycles. The molecule has 0 amide bonds. The maximum absolute atomic E-state index is 11.3. The first-order valence-electron chi connectivity index (χ1n) is 8.36. The summed E-state index contributed by atoms with van der Waals surface area (Å²) in [5.41, 5.74) is 12.4. The molecule has 1 saturated heterocycles. The van der Waals surface area contributed by atoms with Gasteiger partial charge in [0.1, 0.15) is 29.1 Å². The molecule has 0 saturated carbocycles. The second-order valence-corrected chi connectivity index (χ2v) is 6.13. The second-order valence-electron chi connectivity index (χ2n) is 6.13. The van der Waals surface area contributed by atoms with Crippen molar-refractivity contribution in [1.82, 2.24) is 9.97 Å². The fourth-order valence-electron chi connectivity index (χ4n) is 3.29. The lowest BCUT2D eigenvalue weighted by Crippen LogP contribution is -2.39. The van der Waals surface area contributed by atoms with Crippen LogP contribution in [0.25, 0.3) is 10.8 Å². The summed E-state index contributed by atoms with van der Waals surface area (Å²) >= 11 is 0. The Kier molecular flexibility index (Phi) is 4.67. The SMILES string of the molecule is CCOc1cc2c(C#N)c(N3CCC[C@H](C(=O)O)C3)nc(N)c2c(N)n1. The largest absolute Gasteiger partial charge is 0.481 e. The van der Waals surface area contributed by atoms with E-state index in [1.165, 1.54) is 0 Å². The van der Waals surface area contributed by atoms with Crippen molar-refractivity contribution in [3.8, 4) is 11.9 Å². The average molecular weight is 356 g/mol. The zero-order chi connectivity index (χ0) is 18.8. The van der Waals surface area contributed by atoms with Crippen LogP contribution in [0.2, 0.25) is 0 Å². The van der Waals surface area contributed by atoms with Gasteiger partial charge in [0, 0.05) is 24.5 Å². The van der Waals surface area contributed by atoms with Crippen LogP contribution >= 0.6 is 0 Å². The van der Waals surface area contributed by atoms with Gasteiger partial charge in [-0.15, -0.1) is 0 Å². The molecule has 1 aliphatic heterocycles. The van der Waals surface area contributed by atoms with Crippen LogP contribution in [0, 0.1) is 17.2 Å². The summed E-state index contributed by atoms with van der Waals surface area (Å²) in [6.45, 7) is 3.11. The quantitative estimate of drug-likeness (QED) is 0.737. The van der Waals surface area contributed by atoms with Crippen LogP contribution in [-0.2, 0) is 4.79 Å². The first-order valence-corrected chi connectivity index (χ1v) is 8.36. The Labute approximate surface area is 150 Å². The molecule has 0 unspecified atom stereocenters. The molecule has 3 heterocycles. The molecule has 2 aromatic heterocycles. The summed E-state index contributed by atoms with van der Waals surface area (Å²) in [6.07, 6.45) is 1.30. The van der Waals surface area contributed by atoms with E-state index < -0.39 is 11.9 Å². The number of aliphatic carboxylic acids is 1. The van der Waals surface area contributed by atoms with Crippen molar-refractivity contribution in [2.45, 2.75) is 19.8 Å². The number of nitrogens with two attached hydrogens (primary N) is 2. The summed E-state index contributed by atoms with van der Waals surface area (Å²) in [6, 6.07) is 3.78. The van der Waals surface area contributed by atoms with Crippen molar-refractivity contribution < 1.29 is 14.6 Å². The second kappa shape index (κ2) is 6.92. The smallest absolute Gasteiger partial charge is 0.308 e. The molecule has 0 bridgehead atoms. The predicted octanol–water partition coefficient (Wildman–Crippen LogP) is 1.37. The number of carbonyl (C=O) groups is 1. The van der Waals surface area contributed by atoms with Gasteiger partial charge in [-0.25, -0.2) is 4.98 Å². The predicted molar refractivity (Wildman–Crippen MR) is 96.8 cm³/mol. The molecular weight excluding hydrogens is 336 g/mol. The molecule has 3 rings (SSSR count). The van der Waals surface area contributed by atoms with Gasteiger partial charge in [-0.3, -0.25) is 4.79 Å². The highest BCUT2D eigenvalue weighted by Crippen LogP contribution is 2.36. The maximum Gasteiger partial charge on any atom is 0.308 e. The van der Waals surface area contributed by atoms with E-state index in [9.17, 15) is 15.2 Å². The lowest BCUT2D eigenvalue weighted by atomic mass is 9.97. The topological polar surface area (TPSA) is 151 Å². The van der Waals surface area contributed by atoms with E-state index in [1.54, 1.807) is 11.0 Å². The van der Waals surface area contributed by atoms with Crippen LogP contribution in [0.4, 0.5) is 17.5 Å². The Balaban J connectivity index is 2.17. The van der Waals surface area contributed by atoms with Crippen LogP contribution in [0.5, 0.6) is 5.88 Å². The third kappa shape index (κ3) is 3.01. The van der Waals surface area contributed by atoms with Gasteiger partial charge in [-0.1, -0.05) is 0 Å². The van der Waals surface area contributed by atoms with Gasteiger partial charge in [0.2, 0.25) is 5.88 Å². The number of carboxylic acids is 1. The van der Waals surface area contributed by atoms with Crippen LogP contribution in [-0.4, -0.2) is 40.7 Å². The molecule has 0 spiro atoms. The molecule has 1 fully saturated rings. The highest BCUT2D eigenvalue weighted by Gasteiger charge is 2.29. The van der Waals surface area contributed by atoms with Gasteiger partial charge in [0.05, 0.1) is 17.9 Å². The van der Waals surface area contributed by atoms with Crippen molar-refractivity contribution in [2.24, 2.45) is 5.92 Å². The minimum absolute atomic E-state index is 0.140. The lowest BCUT2D eigenvalue weighted by molar-refractivity contribution is -0.141. The first kappa shape index (κ1) is 17.5. The number of hydrogen-bond acceptors (Lipinski definition) is 8. The average Bonchev–Trinajstić information content (AvgIpc) is 2.61. The molecule has 136 valence electrons. The van der Waals surface area contributed by atoms with Gasteiger partial charge in [-0.2, -0.15) is 10.2 Å². The molecule has 26 heavy (non-hydrogen) atoms. The number of carboxylic acid groups (broad SMARTS) is 1. The zero-order valence-corrected chi connectivity index (χ0v) is 14.4. The monoisotopic (exact) mass is 356 g/mol. The van der Waals surface area contributed by atoms with Crippen molar-refractivity contribution in [2.75, 3.05) is 36.1 Å². The fraction of sp³-hybridized carbons (Fsp3) is 0.412. The normalized spacial score (nSPS) is 17.1. The third-order valence-electron chi connectivity index (χ3n) is 4.47. The summed E-state index contributed by atoms with van der Waals surface area (Å²) < 4.78 is 5.41. The summed E-state index contributed by atoms with van der Waals surface area (Å²) in [5, 5.41) is 20.0. The van der Waals surface area contributed by atoms with E-state index >= 15 is 0 Å². The van der Waals surface area contributed by atoms with Crippen molar-refractivity contribution in [3.05, 3.63) is 11.6 Å². The van der Waals surface area contributed by atoms with E-state index in [-0.39, 0.29) is 23.7 Å². The standard InChI is InChI=1S/C17H20N6O3/c1-2-26-12-6-10-11(7-18)16(22-15(20)13(10)14(19)21-12)23-5-3-4-9(8-23)17(24)25/h6,9H,2-5,8H2,1H3,(H2,19,21)(H2,20,22)(H,24,25)/t9-/m0/s1. The van der Waals surface area contributed by atoms with Crippen LogP contribution < -0.4 is 21.1 Å².